The summed E-state index contributed by atoms with van der Waals surface area (Å²) in [5.41, 5.74) is 3.90. The first-order valence-corrected chi connectivity index (χ1v) is 13.1. The third-order valence-electron chi connectivity index (χ3n) is 6.05. The van der Waals surface area contributed by atoms with E-state index in [1.54, 1.807) is 25.3 Å². The van der Waals surface area contributed by atoms with Gasteiger partial charge in [-0.25, -0.2) is 0 Å². The van der Waals surface area contributed by atoms with Gasteiger partial charge in [-0.1, -0.05) is 60.1 Å². The fourth-order valence-corrected chi connectivity index (χ4v) is 4.29. The average Bonchev–Trinajstić information content (AvgIpc) is 2.98. The molecule has 4 aromatic carbocycles. The van der Waals surface area contributed by atoms with Crippen molar-refractivity contribution in [3.8, 4) is 29.1 Å². The molecule has 208 valence electrons. The largest absolute Gasteiger partial charge is 0.493 e. The summed E-state index contributed by atoms with van der Waals surface area (Å²) in [7, 11) is 3.07. The van der Waals surface area contributed by atoms with Crippen LogP contribution in [0, 0.1) is 18.3 Å². The maximum atomic E-state index is 12.7. The van der Waals surface area contributed by atoms with Gasteiger partial charge in [0.05, 0.1) is 19.2 Å². The van der Waals surface area contributed by atoms with Gasteiger partial charge in [-0.2, -0.15) is 5.26 Å². The normalized spacial score (nSPS) is 10.9. The van der Waals surface area contributed by atoms with Crippen LogP contribution in [0.1, 0.15) is 22.3 Å². The zero-order valence-corrected chi connectivity index (χ0v) is 23.7. The predicted molar refractivity (Wildman–Crippen MR) is 160 cm³/mol. The maximum Gasteiger partial charge on any atom is 0.266 e. The lowest BCUT2D eigenvalue weighted by atomic mass is 10.1. The minimum atomic E-state index is -0.529. The van der Waals surface area contributed by atoms with E-state index in [1.807, 2.05) is 79.7 Å². The molecule has 0 fully saturated rings. The van der Waals surface area contributed by atoms with Gasteiger partial charge in [0.1, 0.15) is 24.9 Å². The van der Waals surface area contributed by atoms with Crippen molar-refractivity contribution < 1.29 is 23.7 Å². The molecule has 0 saturated heterocycles. The Labute approximate surface area is 244 Å². The zero-order chi connectivity index (χ0) is 29.2. The van der Waals surface area contributed by atoms with Crippen LogP contribution in [-0.4, -0.2) is 20.1 Å². The van der Waals surface area contributed by atoms with Gasteiger partial charge in [0, 0.05) is 5.69 Å². The Balaban J connectivity index is 1.47. The molecule has 0 aliphatic carbocycles. The van der Waals surface area contributed by atoms with E-state index in [9.17, 15) is 10.1 Å². The number of ether oxygens (including phenoxy) is 4. The number of hydrogen-bond acceptors (Lipinski definition) is 6. The third kappa shape index (κ3) is 7.81. The molecule has 7 nitrogen and oxygen atoms in total. The summed E-state index contributed by atoms with van der Waals surface area (Å²) in [4.78, 5) is 12.7. The van der Waals surface area contributed by atoms with E-state index in [2.05, 4.69) is 5.32 Å². The molecule has 41 heavy (non-hydrogen) atoms. The summed E-state index contributed by atoms with van der Waals surface area (Å²) in [6.07, 6.45) is 1.45. The third-order valence-corrected chi connectivity index (χ3v) is 6.33. The van der Waals surface area contributed by atoms with Gasteiger partial charge in [-0.15, -0.1) is 0 Å². The smallest absolute Gasteiger partial charge is 0.266 e. The van der Waals surface area contributed by atoms with E-state index in [0.29, 0.717) is 40.9 Å². The van der Waals surface area contributed by atoms with Crippen LogP contribution in [0.2, 0.25) is 5.02 Å². The molecular weight excluding hydrogens is 540 g/mol. The van der Waals surface area contributed by atoms with Gasteiger partial charge < -0.3 is 24.3 Å². The number of methoxy groups -OCH3 is 2. The molecule has 0 unspecified atom stereocenters. The van der Waals surface area contributed by atoms with Crippen LogP contribution in [0.4, 0.5) is 5.69 Å². The number of rotatable bonds is 11. The molecule has 0 aromatic heterocycles. The van der Waals surface area contributed by atoms with Crippen LogP contribution in [0.15, 0.2) is 90.5 Å². The number of benzene rings is 4. The molecule has 0 spiro atoms. The Morgan fingerprint density at radius 1 is 0.854 bits per heavy atom. The Morgan fingerprint density at radius 2 is 1.61 bits per heavy atom. The van der Waals surface area contributed by atoms with Crippen molar-refractivity contribution in [1.29, 1.82) is 5.26 Å². The quantitative estimate of drug-likeness (QED) is 0.150. The van der Waals surface area contributed by atoms with Crippen molar-refractivity contribution in [3.63, 3.8) is 0 Å². The molecule has 0 atom stereocenters. The van der Waals surface area contributed by atoms with Gasteiger partial charge in [-0.3, -0.25) is 4.79 Å². The first-order valence-electron chi connectivity index (χ1n) is 12.7. The molecule has 0 aliphatic rings. The van der Waals surface area contributed by atoms with E-state index in [-0.39, 0.29) is 17.2 Å². The van der Waals surface area contributed by atoms with Gasteiger partial charge in [0.2, 0.25) is 0 Å². The monoisotopic (exact) mass is 568 g/mol. The van der Waals surface area contributed by atoms with Gasteiger partial charge in [0.25, 0.3) is 5.91 Å². The maximum absolute atomic E-state index is 12.7. The summed E-state index contributed by atoms with van der Waals surface area (Å²) < 4.78 is 23.0. The lowest BCUT2D eigenvalue weighted by Gasteiger charge is -2.15. The van der Waals surface area contributed by atoms with E-state index < -0.39 is 5.91 Å². The van der Waals surface area contributed by atoms with Crippen LogP contribution >= 0.6 is 11.6 Å². The molecule has 0 saturated carbocycles. The first kappa shape index (κ1) is 29.1. The number of nitriles is 1. The summed E-state index contributed by atoms with van der Waals surface area (Å²) >= 11 is 6.55. The van der Waals surface area contributed by atoms with Crippen molar-refractivity contribution in [1.82, 2.24) is 0 Å². The van der Waals surface area contributed by atoms with Crippen LogP contribution in [0.3, 0.4) is 0 Å². The molecule has 8 heteroatoms. The second-order valence-corrected chi connectivity index (χ2v) is 9.48. The van der Waals surface area contributed by atoms with E-state index >= 15 is 0 Å². The van der Waals surface area contributed by atoms with Crippen LogP contribution < -0.4 is 24.3 Å². The molecule has 0 bridgehead atoms. The van der Waals surface area contributed by atoms with Crippen molar-refractivity contribution in [3.05, 3.63) is 118 Å². The molecule has 0 heterocycles. The minimum absolute atomic E-state index is 0.0834. The second kappa shape index (κ2) is 13.9. The highest BCUT2D eigenvalue weighted by Gasteiger charge is 2.15. The average molecular weight is 569 g/mol. The number of halogens is 1. The molecule has 4 aromatic rings. The Hall–Kier alpha value is -4.93. The Bertz CT molecular complexity index is 1600. The Kier molecular flexibility index (Phi) is 9.87. The molecule has 4 rings (SSSR count). The van der Waals surface area contributed by atoms with E-state index in [1.165, 1.54) is 13.2 Å². The number of carbonyl (C=O) groups excluding carboxylic acids is 1. The zero-order valence-electron chi connectivity index (χ0n) is 22.9. The van der Waals surface area contributed by atoms with Crippen molar-refractivity contribution >= 4 is 29.3 Å². The van der Waals surface area contributed by atoms with Gasteiger partial charge >= 0.3 is 0 Å². The van der Waals surface area contributed by atoms with Gasteiger partial charge in [-0.05, 0) is 71.7 Å². The SMILES string of the molecule is COc1cc(COc2c(Cl)cc(/C=C(\C#N)C(=O)Nc3cccc(C)c3)cc2OC)ccc1OCc1ccccc1. The van der Waals surface area contributed by atoms with Crippen molar-refractivity contribution in [2.75, 3.05) is 19.5 Å². The molecular formula is C33H29ClN2O5. The fraction of sp³-hybridized carbons (Fsp3) is 0.152. The number of amides is 1. The van der Waals surface area contributed by atoms with Crippen LogP contribution in [-0.2, 0) is 18.0 Å². The first-order chi connectivity index (χ1) is 19.9. The highest BCUT2D eigenvalue weighted by atomic mass is 35.5. The molecule has 0 aliphatic heterocycles. The highest BCUT2D eigenvalue weighted by Crippen LogP contribution is 2.38. The Morgan fingerprint density at radius 3 is 2.32 bits per heavy atom. The number of carbonyl (C=O) groups is 1. The highest BCUT2D eigenvalue weighted by molar-refractivity contribution is 6.32. The van der Waals surface area contributed by atoms with E-state index in [4.69, 9.17) is 30.5 Å². The lowest BCUT2D eigenvalue weighted by molar-refractivity contribution is -0.112. The second-order valence-electron chi connectivity index (χ2n) is 9.08. The number of aryl methyl sites for hydroxylation is 1. The summed E-state index contributed by atoms with van der Waals surface area (Å²) in [6, 6.07) is 28.0. The number of anilines is 1. The van der Waals surface area contributed by atoms with Gasteiger partial charge in [0.15, 0.2) is 23.0 Å². The molecule has 0 radical (unpaired) electrons. The summed E-state index contributed by atoms with van der Waals surface area (Å²) in [6.45, 7) is 2.52. The standard InChI is InChI=1S/C33H29ClN2O5/c1-22-8-7-11-27(14-22)36-33(37)26(19-35)15-25-16-28(34)32(31(18-25)39-3)41-21-24-12-13-29(30(17-24)38-2)40-20-23-9-5-4-6-10-23/h4-18H,20-21H2,1-3H3,(H,36,37)/b26-15+. The van der Waals surface area contributed by atoms with Crippen LogP contribution in [0.5, 0.6) is 23.0 Å². The molecule has 1 N–H and O–H groups in total. The predicted octanol–water partition coefficient (Wildman–Crippen LogP) is 7.37. The topological polar surface area (TPSA) is 89.8 Å². The van der Waals surface area contributed by atoms with Crippen molar-refractivity contribution in [2.45, 2.75) is 20.1 Å². The summed E-state index contributed by atoms with van der Waals surface area (Å²) in [5, 5.41) is 12.6. The minimum Gasteiger partial charge on any atom is -0.493 e. The fourth-order valence-electron chi connectivity index (χ4n) is 4.01. The summed E-state index contributed by atoms with van der Waals surface area (Å²) in [5.74, 6) is 1.35. The molecule has 1 amide bonds. The van der Waals surface area contributed by atoms with E-state index in [0.717, 1.165) is 16.7 Å². The van der Waals surface area contributed by atoms with Crippen molar-refractivity contribution in [2.24, 2.45) is 0 Å². The number of nitrogens with one attached hydrogen (secondary N) is 1. The van der Waals surface area contributed by atoms with Crippen LogP contribution in [0.25, 0.3) is 6.08 Å². The lowest BCUT2D eigenvalue weighted by Crippen LogP contribution is -2.13. The number of nitrogens with zero attached hydrogens (tertiary/aromatic N) is 1. The number of hydrogen-bond donors (Lipinski definition) is 1.